The quantitative estimate of drug-likeness (QED) is 0.322. The van der Waals surface area contributed by atoms with E-state index in [1.54, 1.807) is 13.1 Å². The number of hydrogen-bond acceptors (Lipinski definition) is 6. The molecular formula is C19H30N6O5. The first-order valence-corrected chi connectivity index (χ1v) is 10.1. The van der Waals surface area contributed by atoms with E-state index in [-0.39, 0.29) is 18.9 Å². The molecule has 0 bridgehead atoms. The Bertz CT molecular complexity index is 753. The second-order valence-corrected chi connectivity index (χ2v) is 7.56. The maximum Gasteiger partial charge on any atom is 0.326 e. The molecule has 0 spiro atoms. The highest BCUT2D eigenvalue weighted by Gasteiger charge is 2.36. The highest BCUT2D eigenvalue weighted by atomic mass is 16.4. The largest absolute Gasteiger partial charge is 0.480 e. The second-order valence-electron chi connectivity index (χ2n) is 7.56. The molecule has 1 aromatic heterocycles. The number of aromatic amines is 1. The summed E-state index contributed by atoms with van der Waals surface area (Å²) in [5.41, 5.74) is 6.55. The highest BCUT2D eigenvalue weighted by Crippen LogP contribution is 2.18. The lowest BCUT2D eigenvalue weighted by atomic mass is 9.99. The minimum absolute atomic E-state index is 0.243. The molecule has 0 radical (unpaired) electrons. The highest BCUT2D eigenvalue weighted by molar-refractivity contribution is 5.93. The van der Waals surface area contributed by atoms with Crippen LogP contribution in [0.25, 0.3) is 0 Å². The number of nitrogens with zero attached hydrogens (tertiary/aromatic N) is 2. The van der Waals surface area contributed by atoms with E-state index in [1.165, 1.54) is 11.2 Å². The number of carboxylic acids is 1. The van der Waals surface area contributed by atoms with Crippen LogP contribution in [-0.4, -0.2) is 74.9 Å². The average molecular weight is 422 g/mol. The number of amides is 3. The Kier molecular flexibility index (Phi) is 8.34. The molecule has 4 atom stereocenters. The number of carboxylic acid groups (broad SMARTS) is 1. The average Bonchev–Trinajstić information content (AvgIpc) is 3.40. The number of nitrogens with one attached hydrogen (secondary N) is 3. The minimum atomic E-state index is -1.10. The Hall–Kier alpha value is -2.95. The lowest BCUT2D eigenvalue weighted by Gasteiger charge is -2.27. The number of imidazole rings is 1. The van der Waals surface area contributed by atoms with E-state index in [0.717, 1.165) is 0 Å². The number of nitrogens with two attached hydrogens (primary N) is 1. The van der Waals surface area contributed by atoms with E-state index in [2.05, 4.69) is 20.6 Å². The molecule has 166 valence electrons. The summed E-state index contributed by atoms with van der Waals surface area (Å²) in [6, 6.07) is -2.61. The van der Waals surface area contributed by atoms with Crippen LogP contribution in [0.1, 0.15) is 38.8 Å². The zero-order valence-corrected chi connectivity index (χ0v) is 17.3. The molecule has 11 nitrogen and oxygen atoms in total. The van der Waals surface area contributed by atoms with Crippen LogP contribution in [0, 0.1) is 5.92 Å². The molecule has 1 aromatic rings. The van der Waals surface area contributed by atoms with Crippen LogP contribution in [0.3, 0.4) is 0 Å². The van der Waals surface area contributed by atoms with Crippen LogP contribution in [0.4, 0.5) is 0 Å². The summed E-state index contributed by atoms with van der Waals surface area (Å²) in [4.78, 5) is 56.9. The van der Waals surface area contributed by atoms with Crippen molar-refractivity contribution < 1.29 is 24.3 Å². The van der Waals surface area contributed by atoms with Gasteiger partial charge in [-0.2, -0.15) is 0 Å². The Morgan fingerprint density at radius 1 is 1.40 bits per heavy atom. The number of carbonyl (C=O) groups excluding carboxylic acids is 3. The number of aromatic nitrogens is 2. The molecule has 0 aliphatic carbocycles. The first-order valence-electron chi connectivity index (χ1n) is 10.1. The Balaban J connectivity index is 1.89. The van der Waals surface area contributed by atoms with Crippen molar-refractivity contribution in [2.24, 2.45) is 11.7 Å². The van der Waals surface area contributed by atoms with E-state index < -0.39 is 41.8 Å². The van der Waals surface area contributed by atoms with Gasteiger partial charge in [-0.3, -0.25) is 14.4 Å². The molecule has 1 aliphatic rings. The molecule has 4 unspecified atom stereocenters. The number of aliphatic carboxylic acids is 1. The van der Waals surface area contributed by atoms with Crippen LogP contribution in [-0.2, 0) is 25.6 Å². The van der Waals surface area contributed by atoms with Crippen molar-refractivity contribution in [2.75, 3.05) is 13.1 Å². The Morgan fingerprint density at radius 3 is 2.73 bits per heavy atom. The van der Waals surface area contributed by atoms with Gasteiger partial charge in [-0.05, 0) is 18.8 Å². The predicted molar refractivity (Wildman–Crippen MR) is 107 cm³/mol. The third-order valence-electron chi connectivity index (χ3n) is 5.40. The maximum atomic E-state index is 12.6. The van der Waals surface area contributed by atoms with Gasteiger partial charge < -0.3 is 31.4 Å². The summed E-state index contributed by atoms with van der Waals surface area (Å²) in [6.07, 6.45) is 4.96. The first-order chi connectivity index (χ1) is 14.2. The zero-order chi connectivity index (χ0) is 22.3. The van der Waals surface area contributed by atoms with Crippen molar-refractivity contribution in [1.29, 1.82) is 0 Å². The van der Waals surface area contributed by atoms with E-state index in [0.29, 0.717) is 31.5 Å². The molecule has 3 amide bonds. The van der Waals surface area contributed by atoms with Gasteiger partial charge in [-0.25, -0.2) is 9.78 Å². The van der Waals surface area contributed by atoms with Crippen molar-refractivity contribution in [3.05, 3.63) is 18.2 Å². The molecule has 6 N–H and O–H groups in total. The molecule has 1 saturated heterocycles. The maximum absolute atomic E-state index is 12.6. The molecule has 1 aliphatic heterocycles. The van der Waals surface area contributed by atoms with Crippen molar-refractivity contribution in [3.63, 3.8) is 0 Å². The van der Waals surface area contributed by atoms with E-state index in [9.17, 15) is 24.3 Å². The predicted octanol–water partition coefficient (Wildman–Crippen LogP) is -0.998. The summed E-state index contributed by atoms with van der Waals surface area (Å²) in [7, 11) is 0. The number of H-pyrrole nitrogens is 1. The van der Waals surface area contributed by atoms with Crippen LogP contribution in [0.2, 0.25) is 0 Å². The number of hydrogen-bond donors (Lipinski definition) is 5. The normalized spacial score (nSPS) is 19.0. The van der Waals surface area contributed by atoms with E-state index in [1.807, 2.05) is 6.92 Å². The lowest BCUT2D eigenvalue weighted by Crippen LogP contribution is -2.54. The smallest absolute Gasteiger partial charge is 0.326 e. The summed E-state index contributed by atoms with van der Waals surface area (Å²) in [5, 5.41) is 14.4. The summed E-state index contributed by atoms with van der Waals surface area (Å²) >= 11 is 0. The fraction of sp³-hybridized carbons (Fsp3) is 0.632. The molecule has 11 heteroatoms. The fourth-order valence-corrected chi connectivity index (χ4v) is 3.39. The molecule has 30 heavy (non-hydrogen) atoms. The van der Waals surface area contributed by atoms with Crippen LogP contribution in [0.5, 0.6) is 0 Å². The topological polar surface area (TPSA) is 171 Å². The molecule has 2 rings (SSSR count). The van der Waals surface area contributed by atoms with Crippen LogP contribution < -0.4 is 16.4 Å². The van der Waals surface area contributed by atoms with Crippen LogP contribution in [0.15, 0.2) is 12.5 Å². The minimum Gasteiger partial charge on any atom is -0.480 e. The molecule has 1 fully saturated rings. The first kappa shape index (κ1) is 23.3. The lowest BCUT2D eigenvalue weighted by molar-refractivity contribution is -0.145. The molecular weight excluding hydrogens is 392 g/mol. The van der Waals surface area contributed by atoms with Gasteiger partial charge in [0.25, 0.3) is 0 Å². The van der Waals surface area contributed by atoms with Gasteiger partial charge in [0.2, 0.25) is 17.7 Å². The number of rotatable bonds is 10. The van der Waals surface area contributed by atoms with Gasteiger partial charge in [-0.1, -0.05) is 20.3 Å². The number of likely N-dealkylation sites (tertiary alicyclic amines) is 1. The van der Waals surface area contributed by atoms with Crippen LogP contribution >= 0.6 is 0 Å². The monoisotopic (exact) mass is 422 g/mol. The van der Waals surface area contributed by atoms with Crippen molar-refractivity contribution in [1.82, 2.24) is 25.5 Å². The third-order valence-corrected chi connectivity index (χ3v) is 5.40. The second kappa shape index (κ2) is 10.7. The van der Waals surface area contributed by atoms with Gasteiger partial charge in [0.05, 0.1) is 18.9 Å². The molecule has 0 saturated carbocycles. The summed E-state index contributed by atoms with van der Waals surface area (Å²) < 4.78 is 0. The fourth-order valence-electron chi connectivity index (χ4n) is 3.39. The zero-order valence-electron chi connectivity index (χ0n) is 17.3. The van der Waals surface area contributed by atoms with Crippen molar-refractivity contribution >= 4 is 23.7 Å². The Morgan fingerprint density at radius 2 is 2.13 bits per heavy atom. The van der Waals surface area contributed by atoms with Gasteiger partial charge in [0.15, 0.2) is 0 Å². The summed E-state index contributed by atoms with van der Waals surface area (Å²) in [6.45, 7) is 3.68. The van der Waals surface area contributed by atoms with E-state index >= 15 is 0 Å². The number of carbonyl (C=O) groups is 4. The Labute approximate surface area is 174 Å². The van der Waals surface area contributed by atoms with Gasteiger partial charge in [0.1, 0.15) is 12.1 Å². The third kappa shape index (κ3) is 6.02. The van der Waals surface area contributed by atoms with Crippen molar-refractivity contribution in [3.8, 4) is 0 Å². The molecule has 0 aromatic carbocycles. The molecule has 2 heterocycles. The van der Waals surface area contributed by atoms with Crippen molar-refractivity contribution in [2.45, 2.75) is 57.7 Å². The van der Waals surface area contributed by atoms with Gasteiger partial charge >= 0.3 is 5.97 Å². The SMILES string of the molecule is CCC(C)C(NC(=O)C1CCCN1C(=O)CNC(=O)C(N)Cc1cnc[nH]1)C(=O)O. The van der Waals surface area contributed by atoms with E-state index in [4.69, 9.17) is 5.73 Å². The standard InChI is InChI=1S/C19H30N6O5/c1-3-11(2)16(19(29)30)24-18(28)14-5-4-6-25(14)15(26)9-22-17(27)13(20)7-12-8-21-10-23-12/h8,10-11,13-14,16H,3-7,9,20H2,1-2H3,(H,21,23)(H,22,27)(H,24,28)(H,29,30). The summed E-state index contributed by atoms with van der Waals surface area (Å²) in [5.74, 6) is -2.73. The van der Waals surface area contributed by atoms with Gasteiger partial charge in [0, 0.05) is 24.9 Å². The van der Waals surface area contributed by atoms with Gasteiger partial charge in [-0.15, -0.1) is 0 Å².